The van der Waals surface area contributed by atoms with Gasteiger partial charge >= 0.3 is 11.9 Å². The summed E-state index contributed by atoms with van der Waals surface area (Å²) in [5.74, 6) is -5.27. The third kappa shape index (κ3) is 11.3. The number of ether oxygens (including phenoxy) is 5. The van der Waals surface area contributed by atoms with Crippen LogP contribution in [-0.2, 0) is 54.3 Å². The van der Waals surface area contributed by atoms with Gasteiger partial charge in [0, 0.05) is 36.3 Å². The number of hydrogen-bond donors (Lipinski definition) is 2. The number of ketones is 1. The fourth-order valence-electron chi connectivity index (χ4n) is 8.69. The summed E-state index contributed by atoms with van der Waals surface area (Å²) < 4.78 is 37.8. The van der Waals surface area contributed by atoms with Crippen LogP contribution in [0, 0.1) is 23.7 Å². The van der Waals surface area contributed by atoms with E-state index in [0.717, 1.165) is 5.56 Å². The van der Waals surface area contributed by atoms with Gasteiger partial charge in [0.1, 0.15) is 29.4 Å². The largest absolute Gasteiger partial charge is 0.459 e. The molecular weight excluding hydrogens is 794 g/mol. The number of esters is 1. The monoisotopic (exact) mass is 857 g/mol. The maximum atomic E-state index is 14.5. The number of benzene rings is 1. The van der Waals surface area contributed by atoms with Crippen molar-refractivity contribution in [2.75, 3.05) is 27.3 Å². The molecule has 3 aliphatic heterocycles. The van der Waals surface area contributed by atoms with E-state index < -0.39 is 83.3 Å². The van der Waals surface area contributed by atoms with E-state index in [4.69, 9.17) is 37.9 Å². The van der Waals surface area contributed by atoms with E-state index in [1.54, 1.807) is 27.7 Å². The maximum Gasteiger partial charge on any atom is 0.331 e. The van der Waals surface area contributed by atoms with Gasteiger partial charge in [-0.25, -0.2) is 4.79 Å². The standard InChI is InChI=1S/C43H63N5O13/c1-12-32-43(9,53)38-25(4)34(47-60-28(7)49)23(2)19-42(8,55-21-30(20-54-38)45-56-22-33-44-39(61-46-33)29-16-14-13-15-17-29)37(26(5)35(50)27(6)40(52)58-32)59-41-36(51)31(48(10)11)18-24(3)57-41/h13-17,23-27,31-32,36-38,41,51,53H,12,18-22H2,1-11H3/b45-30-,47-34+/t23-,24-,25+,26+,27-,31+,32-,36-,37-,38+,41+,42-,43-/m1/s1. The van der Waals surface area contributed by atoms with Crippen molar-refractivity contribution < 1.29 is 62.5 Å². The number of carbonyl (C=O) groups is 3. The lowest BCUT2D eigenvalue weighted by Crippen LogP contribution is -2.60. The predicted molar refractivity (Wildman–Crippen MR) is 220 cm³/mol. The lowest BCUT2D eigenvalue weighted by atomic mass is 9.74. The molecule has 61 heavy (non-hydrogen) atoms. The lowest BCUT2D eigenvalue weighted by Gasteiger charge is -2.47. The van der Waals surface area contributed by atoms with Crippen molar-refractivity contribution in [3.8, 4) is 11.5 Å². The van der Waals surface area contributed by atoms with E-state index in [1.807, 2.05) is 63.2 Å². The minimum Gasteiger partial charge on any atom is -0.459 e. The zero-order chi connectivity index (χ0) is 44.8. The van der Waals surface area contributed by atoms with E-state index in [1.165, 1.54) is 20.8 Å². The molecule has 4 heterocycles. The molecule has 0 unspecified atom stereocenters. The number of aromatic nitrogens is 2. The summed E-state index contributed by atoms with van der Waals surface area (Å²) in [5, 5.41) is 36.8. The number of likely N-dealkylation sites (N-methyl/N-ethyl adjacent to an activating group) is 1. The molecule has 0 spiro atoms. The third-order valence-corrected chi connectivity index (χ3v) is 12.0. The summed E-state index contributed by atoms with van der Waals surface area (Å²) in [6.07, 6.45) is -5.44. The Morgan fingerprint density at radius 1 is 1.03 bits per heavy atom. The number of aliphatic hydroxyl groups excluding tert-OH is 1. The summed E-state index contributed by atoms with van der Waals surface area (Å²) in [6, 6.07) is 8.90. The molecule has 1 aromatic heterocycles. The second kappa shape index (κ2) is 20.3. The Bertz CT molecular complexity index is 1870. The van der Waals surface area contributed by atoms with E-state index in [2.05, 4.69) is 20.5 Å². The van der Waals surface area contributed by atoms with Crippen molar-refractivity contribution in [1.29, 1.82) is 0 Å². The Morgan fingerprint density at radius 2 is 1.74 bits per heavy atom. The summed E-state index contributed by atoms with van der Waals surface area (Å²) in [5.41, 5.74) is -2.09. The number of carbonyl (C=O) groups excluding carboxylic acids is 3. The van der Waals surface area contributed by atoms with E-state index in [-0.39, 0.29) is 56.3 Å². The molecule has 3 aliphatic rings. The SMILES string of the molecule is CC[C@H]1OC(=O)[C@H](C)C(=O)[C@H](C)[C@@H](O[C@@H]2O[C@H](C)C[C@H](N(C)C)[C@H]2O)[C@@]2(C)C[C@@H](C)/C(=N\OC(C)=O)[C@H](C)[C@H](OC/C(=N/OCc3noc(-c4ccccc4)n3)CO2)[C@]1(C)O. The number of nitrogens with zero attached hydrogens (tertiary/aromatic N) is 5. The first-order chi connectivity index (χ1) is 28.8. The van der Waals surface area contributed by atoms with Gasteiger partial charge in [0.25, 0.3) is 5.89 Å². The number of oxime groups is 2. The van der Waals surface area contributed by atoms with E-state index >= 15 is 0 Å². The molecule has 338 valence electrons. The van der Waals surface area contributed by atoms with Crippen LogP contribution in [0.5, 0.6) is 0 Å². The van der Waals surface area contributed by atoms with Gasteiger partial charge in [0.05, 0.1) is 42.8 Å². The number of aliphatic hydroxyl groups is 2. The van der Waals surface area contributed by atoms with Gasteiger partial charge in [-0.3, -0.25) is 9.59 Å². The number of hydrogen-bond acceptors (Lipinski definition) is 18. The van der Waals surface area contributed by atoms with Crippen LogP contribution in [0.15, 0.2) is 45.2 Å². The highest BCUT2D eigenvalue weighted by Gasteiger charge is 2.53. The molecule has 1 aromatic carbocycles. The van der Waals surface area contributed by atoms with Crippen molar-refractivity contribution in [2.24, 2.45) is 34.0 Å². The molecule has 0 aliphatic carbocycles. The van der Waals surface area contributed by atoms with Crippen LogP contribution < -0.4 is 0 Å². The molecule has 0 saturated carbocycles. The summed E-state index contributed by atoms with van der Waals surface area (Å²) in [4.78, 5) is 58.0. The molecule has 5 rings (SSSR count). The molecule has 2 bridgehead atoms. The van der Waals surface area contributed by atoms with Crippen LogP contribution in [0.2, 0.25) is 0 Å². The van der Waals surface area contributed by atoms with Crippen LogP contribution in [0.25, 0.3) is 11.5 Å². The fraction of sp³-hybridized carbons (Fsp3) is 0.698. The molecule has 0 radical (unpaired) electrons. The first-order valence-electron chi connectivity index (χ1n) is 21.0. The number of rotatable bonds is 9. The summed E-state index contributed by atoms with van der Waals surface area (Å²) in [6.45, 7) is 14.1. The van der Waals surface area contributed by atoms with E-state index in [0.29, 0.717) is 18.0 Å². The van der Waals surface area contributed by atoms with Crippen LogP contribution in [0.1, 0.15) is 87.4 Å². The quantitative estimate of drug-likeness (QED) is 0.157. The van der Waals surface area contributed by atoms with Crippen LogP contribution in [-0.4, -0.2) is 136 Å². The average molecular weight is 858 g/mol. The topological polar surface area (TPSA) is 223 Å². The van der Waals surface area contributed by atoms with Crippen molar-refractivity contribution >= 4 is 29.1 Å². The smallest absolute Gasteiger partial charge is 0.331 e. The first kappa shape index (κ1) is 47.9. The van der Waals surface area contributed by atoms with Crippen molar-refractivity contribution in [1.82, 2.24) is 15.0 Å². The van der Waals surface area contributed by atoms with Crippen molar-refractivity contribution in [3.05, 3.63) is 36.2 Å². The molecule has 0 amide bonds. The van der Waals surface area contributed by atoms with Gasteiger partial charge in [-0.2, -0.15) is 4.98 Å². The minimum atomic E-state index is -1.90. The highest BCUT2D eigenvalue weighted by atomic mass is 16.7. The zero-order valence-electron chi connectivity index (χ0n) is 37.1. The zero-order valence-corrected chi connectivity index (χ0v) is 37.1. The summed E-state index contributed by atoms with van der Waals surface area (Å²) in [7, 11) is 3.71. The van der Waals surface area contributed by atoms with Crippen LogP contribution >= 0.6 is 0 Å². The van der Waals surface area contributed by atoms with Gasteiger partial charge in [-0.15, -0.1) is 0 Å². The second-order valence-corrected chi connectivity index (χ2v) is 17.2. The minimum absolute atomic E-state index is 0.0827. The second-order valence-electron chi connectivity index (χ2n) is 17.2. The predicted octanol–water partition coefficient (Wildman–Crippen LogP) is 4.10. The molecule has 18 heteroatoms. The number of Topliss-reactive ketones (excluding diaryl/α,β-unsaturated/α-hetero) is 1. The Balaban J connectivity index is 1.64. The number of cyclic esters (lactones) is 1. The maximum absolute atomic E-state index is 14.5. The van der Waals surface area contributed by atoms with Gasteiger partial charge in [-0.1, -0.05) is 61.4 Å². The average Bonchev–Trinajstić information content (AvgIpc) is 3.68. The molecule has 2 aromatic rings. The molecule has 2 N–H and O–H groups in total. The highest BCUT2D eigenvalue weighted by Crippen LogP contribution is 2.40. The molecule has 3 fully saturated rings. The highest BCUT2D eigenvalue weighted by molar-refractivity contribution is 6.00. The molecular formula is C43H63N5O13. The molecule has 18 nitrogen and oxygen atoms in total. The van der Waals surface area contributed by atoms with E-state index in [9.17, 15) is 24.6 Å². The van der Waals surface area contributed by atoms with Gasteiger partial charge in [-0.05, 0) is 73.2 Å². The first-order valence-corrected chi connectivity index (χ1v) is 21.0. The van der Waals surface area contributed by atoms with Crippen molar-refractivity contribution in [3.63, 3.8) is 0 Å². The summed E-state index contributed by atoms with van der Waals surface area (Å²) >= 11 is 0. The molecule has 13 atom stereocenters. The van der Waals surface area contributed by atoms with Gasteiger partial charge in [0.15, 0.2) is 18.7 Å². The Labute approximate surface area is 357 Å². The Hall–Kier alpha value is -4.17. The normalized spacial score (nSPS) is 37.1. The van der Waals surface area contributed by atoms with Gasteiger partial charge < -0.3 is 53.0 Å². The van der Waals surface area contributed by atoms with Gasteiger partial charge in [0.2, 0.25) is 5.82 Å². The fourth-order valence-corrected chi connectivity index (χ4v) is 8.69. The lowest BCUT2D eigenvalue weighted by molar-refractivity contribution is -0.296. The Morgan fingerprint density at radius 3 is 2.39 bits per heavy atom. The van der Waals surface area contributed by atoms with Crippen LogP contribution in [0.4, 0.5) is 0 Å². The molecule has 3 saturated heterocycles. The third-order valence-electron chi connectivity index (χ3n) is 12.0. The van der Waals surface area contributed by atoms with Crippen LogP contribution in [0.3, 0.4) is 0 Å². The Kier molecular flexibility index (Phi) is 16.0. The van der Waals surface area contributed by atoms with Crippen molar-refractivity contribution in [2.45, 2.75) is 142 Å². The number of fused-ring (bicyclic) bond motifs is 5.